The number of benzene rings is 1. The number of hydrogen-bond acceptors (Lipinski definition) is 4. The highest BCUT2D eigenvalue weighted by Crippen LogP contribution is 2.24. The lowest BCUT2D eigenvalue weighted by molar-refractivity contribution is 0.0693. The second-order valence-corrected chi connectivity index (χ2v) is 5.81. The molecule has 3 N–H and O–H groups in total. The Hall–Kier alpha value is -1.05. The van der Waals surface area contributed by atoms with Gasteiger partial charge in [0.25, 0.3) is 0 Å². The summed E-state index contributed by atoms with van der Waals surface area (Å²) >= 11 is 1.33. The van der Waals surface area contributed by atoms with E-state index in [1.165, 1.54) is 23.9 Å². The second kappa shape index (κ2) is 4.86. The first-order valence-electron chi connectivity index (χ1n) is 4.39. The van der Waals surface area contributed by atoms with E-state index in [2.05, 4.69) is 0 Å². The summed E-state index contributed by atoms with van der Waals surface area (Å²) < 4.78 is 22.1. The third-order valence-electron chi connectivity index (χ3n) is 1.81. The molecule has 0 aliphatic carbocycles. The van der Waals surface area contributed by atoms with E-state index < -0.39 is 16.0 Å². The quantitative estimate of drug-likeness (QED) is 0.792. The van der Waals surface area contributed by atoms with Gasteiger partial charge in [0.05, 0.1) is 10.5 Å². The molecule has 88 valence electrons. The van der Waals surface area contributed by atoms with Crippen LogP contribution in [0.15, 0.2) is 28.0 Å². The molecule has 5 nitrogen and oxygen atoms in total. The van der Waals surface area contributed by atoms with Gasteiger partial charge in [0, 0.05) is 4.90 Å². The van der Waals surface area contributed by atoms with Gasteiger partial charge in [0.1, 0.15) is 0 Å². The average Bonchev–Trinajstić information content (AvgIpc) is 2.16. The van der Waals surface area contributed by atoms with Gasteiger partial charge in [-0.25, -0.2) is 18.4 Å². The summed E-state index contributed by atoms with van der Waals surface area (Å²) in [6, 6.07) is 3.84. The van der Waals surface area contributed by atoms with Crippen LogP contribution in [0.4, 0.5) is 0 Å². The normalized spacial score (nSPS) is 11.4. The van der Waals surface area contributed by atoms with Crippen LogP contribution in [0, 0.1) is 0 Å². The van der Waals surface area contributed by atoms with Gasteiger partial charge in [0.2, 0.25) is 10.0 Å². The number of aromatic carboxylic acids is 1. The zero-order valence-electron chi connectivity index (χ0n) is 8.50. The van der Waals surface area contributed by atoms with Crippen molar-refractivity contribution < 1.29 is 18.3 Å². The number of thioether (sulfide) groups is 1. The van der Waals surface area contributed by atoms with Crippen molar-refractivity contribution in [1.29, 1.82) is 0 Å². The van der Waals surface area contributed by atoms with E-state index in [0.29, 0.717) is 10.6 Å². The van der Waals surface area contributed by atoms with E-state index in [-0.39, 0.29) is 10.5 Å². The number of rotatable bonds is 4. The maximum Gasteiger partial charge on any atom is 0.336 e. The summed E-state index contributed by atoms with van der Waals surface area (Å²) in [4.78, 5) is 11.3. The zero-order chi connectivity index (χ0) is 12.3. The molecule has 0 aliphatic rings. The van der Waals surface area contributed by atoms with Gasteiger partial charge in [-0.3, -0.25) is 0 Å². The van der Waals surface area contributed by atoms with Crippen LogP contribution in [0.2, 0.25) is 0 Å². The Morgan fingerprint density at radius 2 is 2.12 bits per heavy atom. The summed E-state index contributed by atoms with van der Waals surface area (Å²) in [5.74, 6) is -0.462. The molecule has 0 atom stereocenters. The number of carbonyl (C=O) groups is 1. The molecule has 0 saturated heterocycles. The molecular weight excluding hydrogens is 250 g/mol. The highest BCUT2D eigenvalue weighted by atomic mass is 32.2. The molecule has 0 aromatic heterocycles. The maximum absolute atomic E-state index is 11.1. The molecule has 0 spiro atoms. The van der Waals surface area contributed by atoms with Crippen LogP contribution >= 0.6 is 11.8 Å². The molecule has 16 heavy (non-hydrogen) atoms. The van der Waals surface area contributed by atoms with Crippen molar-refractivity contribution in [3.05, 3.63) is 23.8 Å². The van der Waals surface area contributed by atoms with E-state index in [9.17, 15) is 13.2 Å². The fourth-order valence-corrected chi connectivity index (χ4v) is 2.45. The Labute approximate surface area is 97.7 Å². The molecule has 1 aromatic rings. The Morgan fingerprint density at radius 1 is 1.50 bits per heavy atom. The van der Waals surface area contributed by atoms with Crippen molar-refractivity contribution in [3.8, 4) is 0 Å². The van der Waals surface area contributed by atoms with Gasteiger partial charge < -0.3 is 5.11 Å². The minimum absolute atomic E-state index is 0.0432. The number of nitrogens with two attached hydrogens (primary N) is 1. The fourth-order valence-electron chi connectivity index (χ4n) is 1.13. The molecule has 0 amide bonds. The van der Waals surface area contributed by atoms with Gasteiger partial charge in [-0.05, 0) is 24.0 Å². The summed E-state index contributed by atoms with van der Waals surface area (Å²) in [6.07, 6.45) is 0. The molecule has 0 unspecified atom stereocenters. The Balaban J connectivity index is 3.34. The highest BCUT2D eigenvalue weighted by molar-refractivity contribution is 7.99. The average molecular weight is 261 g/mol. The van der Waals surface area contributed by atoms with Crippen LogP contribution in [0.25, 0.3) is 0 Å². The van der Waals surface area contributed by atoms with E-state index in [1.54, 1.807) is 0 Å². The lowest BCUT2D eigenvalue weighted by Crippen LogP contribution is -2.13. The minimum Gasteiger partial charge on any atom is -0.478 e. The first kappa shape index (κ1) is 13.0. The maximum atomic E-state index is 11.1. The van der Waals surface area contributed by atoms with Crippen molar-refractivity contribution in [2.75, 3.05) is 5.75 Å². The van der Waals surface area contributed by atoms with Crippen LogP contribution in [0.3, 0.4) is 0 Å². The molecule has 0 heterocycles. The van der Waals surface area contributed by atoms with Crippen molar-refractivity contribution in [2.45, 2.75) is 16.7 Å². The fraction of sp³-hybridized carbons (Fsp3) is 0.222. The van der Waals surface area contributed by atoms with Gasteiger partial charge in [0.15, 0.2) is 0 Å². The van der Waals surface area contributed by atoms with E-state index in [1.807, 2.05) is 6.92 Å². The predicted octanol–water partition coefficient (Wildman–Crippen LogP) is 1.14. The number of sulfonamides is 1. The van der Waals surface area contributed by atoms with Crippen LogP contribution in [0.1, 0.15) is 17.3 Å². The Morgan fingerprint density at radius 3 is 2.56 bits per heavy atom. The van der Waals surface area contributed by atoms with Gasteiger partial charge in [-0.2, -0.15) is 0 Å². The third kappa shape index (κ3) is 2.97. The molecule has 1 rings (SSSR count). The summed E-state index contributed by atoms with van der Waals surface area (Å²) in [6.45, 7) is 1.88. The SMILES string of the molecule is CCSc1ccc(S(N)(=O)=O)cc1C(=O)O. The molecule has 0 bridgehead atoms. The van der Waals surface area contributed by atoms with Crippen molar-refractivity contribution >= 4 is 27.8 Å². The van der Waals surface area contributed by atoms with Crippen LogP contribution in [-0.2, 0) is 10.0 Å². The first-order chi connectivity index (χ1) is 7.36. The summed E-state index contributed by atoms with van der Waals surface area (Å²) in [5, 5.41) is 13.9. The van der Waals surface area contributed by atoms with Crippen molar-refractivity contribution in [3.63, 3.8) is 0 Å². The lowest BCUT2D eigenvalue weighted by Gasteiger charge is -2.06. The number of carboxylic acid groups (broad SMARTS) is 1. The van der Waals surface area contributed by atoms with Crippen LogP contribution < -0.4 is 5.14 Å². The lowest BCUT2D eigenvalue weighted by atomic mass is 10.2. The molecule has 7 heteroatoms. The van der Waals surface area contributed by atoms with Gasteiger partial charge in [-0.15, -0.1) is 11.8 Å². The van der Waals surface area contributed by atoms with E-state index >= 15 is 0 Å². The second-order valence-electron chi connectivity index (χ2n) is 2.94. The molecular formula is C9H11NO4S2. The largest absolute Gasteiger partial charge is 0.478 e. The topological polar surface area (TPSA) is 97.5 Å². The van der Waals surface area contributed by atoms with Gasteiger partial charge >= 0.3 is 5.97 Å². The molecule has 1 aromatic carbocycles. The minimum atomic E-state index is -3.86. The molecule has 0 radical (unpaired) electrons. The monoisotopic (exact) mass is 261 g/mol. The Kier molecular flexibility index (Phi) is 3.95. The standard InChI is InChI=1S/C9H11NO4S2/c1-2-15-8-4-3-6(16(10,13)14)5-7(8)9(11)12/h3-5H,2H2,1H3,(H,11,12)(H2,10,13,14). The third-order valence-corrected chi connectivity index (χ3v) is 3.68. The molecule has 0 saturated carbocycles. The van der Waals surface area contributed by atoms with Crippen LogP contribution in [0.5, 0.6) is 0 Å². The van der Waals surface area contributed by atoms with Crippen molar-refractivity contribution in [1.82, 2.24) is 0 Å². The summed E-state index contributed by atoms with van der Waals surface area (Å²) in [5.41, 5.74) is -0.0432. The Bertz CT molecular complexity index is 510. The summed E-state index contributed by atoms with van der Waals surface area (Å²) in [7, 11) is -3.86. The predicted molar refractivity (Wildman–Crippen MR) is 61.2 cm³/mol. The highest BCUT2D eigenvalue weighted by Gasteiger charge is 2.15. The number of carboxylic acids is 1. The van der Waals surface area contributed by atoms with E-state index in [4.69, 9.17) is 10.2 Å². The molecule has 0 aliphatic heterocycles. The first-order valence-corrected chi connectivity index (χ1v) is 6.92. The molecule has 0 fully saturated rings. The van der Waals surface area contributed by atoms with Crippen molar-refractivity contribution in [2.24, 2.45) is 5.14 Å². The zero-order valence-corrected chi connectivity index (χ0v) is 10.1. The van der Waals surface area contributed by atoms with E-state index in [0.717, 1.165) is 6.07 Å². The van der Waals surface area contributed by atoms with Gasteiger partial charge in [-0.1, -0.05) is 6.92 Å². The number of hydrogen-bond donors (Lipinski definition) is 2. The smallest absolute Gasteiger partial charge is 0.336 e. The number of primary sulfonamides is 1. The van der Waals surface area contributed by atoms with Crippen LogP contribution in [-0.4, -0.2) is 25.2 Å².